The first-order valence-corrected chi connectivity index (χ1v) is 11.0. The van der Waals surface area contributed by atoms with Crippen LogP contribution in [0.15, 0.2) is 42.6 Å². The second-order valence-corrected chi connectivity index (χ2v) is 8.50. The Kier molecular flexibility index (Phi) is 5.58. The zero-order valence-corrected chi connectivity index (χ0v) is 19.3. The summed E-state index contributed by atoms with van der Waals surface area (Å²) < 4.78 is 50.2. The highest BCUT2D eigenvalue weighted by Gasteiger charge is 2.28. The Morgan fingerprint density at radius 3 is 2.63 bits per heavy atom. The summed E-state index contributed by atoms with van der Waals surface area (Å²) in [6.07, 6.45) is 1.93. The molecule has 180 valence electrons. The van der Waals surface area contributed by atoms with Crippen LogP contribution in [0, 0.1) is 24.4 Å². The van der Waals surface area contributed by atoms with Gasteiger partial charge in [-0.2, -0.15) is 9.61 Å². The Hall–Kier alpha value is -4.08. The molecule has 0 bridgehead atoms. The van der Waals surface area contributed by atoms with Gasteiger partial charge in [-0.25, -0.2) is 18.2 Å². The second-order valence-electron chi connectivity index (χ2n) is 8.50. The summed E-state index contributed by atoms with van der Waals surface area (Å²) >= 11 is 0. The van der Waals surface area contributed by atoms with E-state index >= 15 is 0 Å². The van der Waals surface area contributed by atoms with Crippen LogP contribution in [-0.2, 0) is 0 Å². The lowest BCUT2D eigenvalue weighted by atomic mass is 10.0. The predicted molar refractivity (Wildman–Crippen MR) is 124 cm³/mol. The summed E-state index contributed by atoms with van der Waals surface area (Å²) in [6, 6.07) is 8.83. The van der Waals surface area contributed by atoms with Crippen molar-refractivity contribution in [3.8, 4) is 16.9 Å². The summed E-state index contributed by atoms with van der Waals surface area (Å²) in [4.78, 5) is 19.4. The molecule has 0 radical (unpaired) electrons. The van der Waals surface area contributed by atoms with Crippen molar-refractivity contribution in [3.63, 3.8) is 0 Å². The third-order valence-electron chi connectivity index (χ3n) is 6.02. The fourth-order valence-corrected chi connectivity index (χ4v) is 4.45. The molecule has 0 fully saturated rings. The van der Waals surface area contributed by atoms with E-state index in [1.54, 1.807) is 25.9 Å². The Bertz CT molecular complexity index is 1470. The largest absolute Gasteiger partial charge is 0.493 e. The zero-order chi connectivity index (χ0) is 24.9. The molecule has 1 aliphatic heterocycles. The van der Waals surface area contributed by atoms with Gasteiger partial charge in [-0.3, -0.25) is 4.79 Å². The summed E-state index contributed by atoms with van der Waals surface area (Å²) in [5.74, 6) is -2.74. The lowest BCUT2D eigenvalue weighted by molar-refractivity contribution is 0.0924. The zero-order valence-electron chi connectivity index (χ0n) is 19.3. The quantitative estimate of drug-likeness (QED) is 0.437. The number of nitrogens with zero attached hydrogens (tertiary/aromatic N) is 4. The molecule has 1 aliphatic rings. The molecule has 0 unspecified atom stereocenters. The standard InChI is InChI=1S/C25H22F3N5O2/c1-13-20(21-16(26)8-9-17(27)22(21)28)23-29-12-15(25(32(2)3)33(23)31-13)24(34)30-18-10-11-35-19-7-5-4-6-14(18)19/h4-9,12,18H,10-11H2,1-3H3,(H,30,34)/t18-/m0/s1. The van der Waals surface area contributed by atoms with Gasteiger partial charge in [0.05, 0.1) is 29.5 Å². The summed E-state index contributed by atoms with van der Waals surface area (Å²) in [5, 5.41) is 7.44. The van der Waals surface area contributed by atoms with Crippen LogP contribution >= 0.6 is 0 Å². The van der Waals surface area contributed by atoms with Gasteiger partial charge in [0.15, 0.2) is 17.3 Å². The number of benzene rings is 2. The highest BCUT2D eigenvalue weighted by atomic mass is 19.2. The molecular formula is C25H22F3N5O2. The van der Waals surface area contributed by atoms with Crippen LogP contribution in [0.1, 0.15) is 34.1 Å². The molecule has 0 saturated heterocycles. The van der Waals surface area contributed by atoms with Gasteiger partial charge in [0.1, 0.15) is 22.9 Å². The molecule has 3 heterocycles. The third-order valence-corrected chi connectivity index (χ3v) is 6.02. The van der Waals surface area contributed by atoms with Crippen LogP contribution in [0.2, 0.25) is 0 Å². The number of carbonyl (C=O) groups is 1. The number of aryl methyl sites for hydroxylation is 1. The smallest absolute Gasteiger partial charge is 0.257 e. The highest BCUT2D eigenvalue weighted by molar-refractivity contribution is 6.00. The molecule has 4 aromatic rings. The fourth-order valence-electron chi connectivity index (χ4n) is 4.45. The van der Waals surface area contributed by atoms with Crippen molar-refractivity contribution in [2.24, 2.45) is 0 Å². The number of nitrogens with one attached hydrogen (secondary N) is 1. The van der Waals surface area contributed by atoms with Crippen LogP contribution < -0.4 is 15.0 Å². The monoisotopic (exact) mass is 481 g/mol. The normalized spacial score (nSPS) is 15.0. The molecule has 0 saturated carbocycles. The van der Waals surface area contributed by atoms with Crippen LogP contribution in [0.4, 0.5) is 19.0 Å². The number of para-hydroxylation sites is 1. The Morgan fingerprint density at radius 1 is 1.11 bits per heavy atom. The maximum absolute atomic E-state index is 14.6. The number of fused-ring (bicyclic) bond motifs is 2. The maximum Gasteiger partial charge on any atom is 0.257 e. The molecule has 1 amide bonds. The van der Waals surface area contributed by atoms with Gasteiger partial charge >= 0.3 is 0 Å². The minimum Gasteiger partial charge on any atom is -0.493 e. The number of ether oxygens (including phenoxy) is 1. The number of aromatic nitrogens is 3. The van der Waals surface area contributed by atoms with E-state index in [1.807, 2.05) is 24.3 Å². The first-order valence-electron chi connectivity index (χ1n) is 11.0. The number of amides is 1. The molecule has 0 aliphatic carbocycles. The van der Waals surface area contributed by atoms with Gasteiger partial charge in [0.2, 0.25) is 0 Å². The average molecular weight is 481 g/mol. The van der Waals surface area contributed by atoms with E-state index in [0.717, 1.165) is 23.4 Å². The molecule has 2 aromatic heterocycles. The van der Waals surface area contributed by atoms with Crippen molar-refractivity contribution < 1.29 is 22.7 Å². The lowest BCUT2D eigenvalue weighted by Gasteiger charge is -2.27. The molecule has 2 aromatic carbocycles. The van der Waals surface area contributed by atoms with E-state index in [4.69, 9.17) is 4.74 Å². The third kappa shape index (κ3) is 3.74. The van der Waals surface area contributed by atoms with Gasteiger partial charge < -0.3 is 15.0 Å². The molecule has 7 nitrogen and oxygen atoms in total. The first-order chi connectivity index (χ1) is 16.8. The van der Waals surface area contributed by atoms with E-state index < -0.39 is 23.0 Å². The van der Waals surface area contributed by atoms with Gasteiger partial charge in [-0.1, -0.05) is 18.2 Å². The molecule has 1 atom stereocenters. The van der Waals surface area contributed by atoms with Crippen molar-refractivity contribution >= 4 is 17.4 Å². The topological polar surface area (TPSA) is 71.8 Å². The Morgan fingerprint density at radius 2 is 1.86 bits per heavy atom. The summed E-state index contributed by atoms with van der Waals surface area (Å²) in [6.45, 7) is 2.01. The van der Waals surface area contributed by atoms with Crippen molar-refractivity contribution in [2.45, 2.75) is 19.4 Å². The number of anilines is 1. The van der Waals surface area contributed by atoms with E-state index in [9.17, 15) is 18.0 Å². The van der Waals surface area contributed by atoms with E-state index in [-0.39, 0.29) is 34.4 Å². The molecule has 5 rings (SSSR count). The number of hydrogen-bond donors (Lipinski definition) is 1. The van der Waals surface area contributed by atoms with E-state index in [0.29, 0.717) is 18.8 Å². The summed E-state index contributed by atoms with van der Waals surface area (Å²) in [7, 11) is 3.44. The van der Waals surface area contributed by atoms with Crippen molar-refractivity contribution in [1.29, 1.82) is 0 Å². The lowest BCUT2D eigenvalue weighted by Crippen LogP contribution is -2.33. The van der Waals surface area contributed by atoms with Gasteiger partial charge in [-0.15, -0.1) is 0 Å². The minimum atomic E-state index is -1.32. The Labute approximate surface area is 199 Å². The van der Waals surface area contributed by atoms with Crippen molar-refractivity contribution in [3.05, 3.63) is 76.9 Å². The number of carbonyl (C=O) groups excluding carboxylic acids is 1. The van der Waals surface area contributed by atoms with Crippen molar-refractivity contribution in [1.82, 2.24) is 19.9 Å². The summed E-state index contributed by atoms with van der Waals surface area (Å²) in [5.41, 5.74) is 0.906. The predicted octanol–water partition coefficient (Wildman–Crippen LogP) is 4.44. The molecular weight excluding hydrogens is 459 g/mol. The van der Waals surface area contributed by atoms with Gasteiger partial charge in [-0.05, 0) is 25.1 Å². The van der Waals surface area contributed by atoms with E-state index in [2.05, 4.69) is 15.4 Å². The maximum atomic E-state index is 14.6. The molecule has 1 N–H and O–H groups in total. The highest BCUT2D eigenvalue weighted by Crippen LogP contribution is 2.36. The Balaban J connectivity index is 1.61. The molecule has 35 heavy (non-hydrogen) atoms. The SMILES string of the molecule is Cc1nn2c(N(C)C)c(C(=O)N[C@H]3CCOc4ccccc43)cnc2c1-c1c(F)ccc(F)c1F. The van der Waals surface area contributed by atoms with E-state index in [1.165, 1.54) is 10.7 Å². The van der Waals surface area contributed by atoms with Gasteiger partial charge in [0, 0.05) is 32.3 Å². The first kappa shape index (κ1) is 22.7. The van der Waals surface area contributed by atoms with Gasteiger partial charge in [0.25, 0.3) is 5.91 Å². The minimum absolute atomic E-state index is 0.0212. The van der Waals surface area contributed by atoms with Crippen molar-refractivity contribution in [2.75, 3.05) is 25.6 Å². The van der Waals surface area contributed by atoms with Crippen LogP contribution in [0.25, 0.3) is 16.8 Å². The fraction of sp³-hybridized carbons (Fsp3) is 0.240. The average Bonchev–Trinajstić information content (AvgIpc) is 3.16. The van der Waals surface area contributed by atoms with Crippen LogP contribution in [0.3, 0.4) is 0 Å². The molecule has 0 spiro atoms. The molecule has 10 heteroatoms. The van der Waals surface area contributed by atoms with Crippen LogP contribution in [0.5, 0.6) is 5.75 Å². The number of halogens is 3. The van der Waals surface area contributed by atoms with Crippen LogP contribution in [-0.4, -0.2) is 41.2 Å². The number of hydrogen-bond acceptors (Lipinski definition) is 5. The number of rotatable bonds is 4. The second kappa shape index (κ2) is 8.61.